The molecule has 0 saturated heterocycles. The number of rotatable bonds is 3. The topological polar surface area (TPSA) is 50.7 Å². The van der Waals surface area contributed by atoms with E-state index >= 15 is 0 Å². The zero-order chi connectivity index (χ0) is 7.11. The fraction of sp³-hybridized carbons (Fsp3) is 0.667. The summed E-state index contributed by atoms with van der Waals surface area (Å²) in [5, 5.41) is 0. The summed E-state index contributed by atoms with van der Waals surface area (Å²) in [4.78, 5) is 7.66. The summed E-state index contributed by atoms with van der Waals surface area (Å²) >= 11 is 0. The first kappa shape index (κ1) is 8.30. The van der Waals surface area contributed by atoms with Gasteiger partial charge in [0.15, 0.2) is 0 Å². The molecule has 0 aliphatic rings. The third-order valence-electron chi connectivity index (χ3n) is 0.932. The zero-order valence-corrected chi connectivity index (χ0v) is 5.80. The summed E-state index contributed by atoms with van der Waals surface area (Å²) in [5.41, 5.74) is 5.24. The highest BCUT2D eigenvalue weighted by Crippen LogP contribution is 1.81. The van der Waals surface area contributed by atoms with Crippen LogP contribution in [-0.2, 0) is 0 Å². The predicted octanol–water partition coefficient (Wildman–Crippen LogP) is 0.454. The first-order valence-electron chi connectivity index (χ1n) is 2.99. The number of aliphatic imine (C=N–C) groups is 2. The maximum Gasteiger partial charge on any atom is 0.119 e. The molecular formula is C6H13N3. The van der Waals surface area contributed by atoms with E-state index in [1.54, 1.807) is 0 Å². The van der Waals surface area contributed by atoms with Gasteiger partial charge in [-0.2, -0.15) is 0 Å². The highest BCUT2D eigenvalue weighted by atomic mass is 14.9. The molecule has 3 nitrogen and oxygen atoms in total. The van der Waals surface area contributed by atoms with E-state index in [4.69, 9.17) is 5.73 Å². The fourth-order valence-electron chi connectivity index (χ4n) is 0.382. The maximum absolute atomic E-state index is 5.24. The van der Waals surface area contributed by atoms with Crippen LogP contribution in [0.3, 0.4) is 0 Å². The minimum atomic E-state index is 0.688. The SMILES string of the molecule is C=N/C(C)=N\CCCN. The van der Waals surface area contributed by atoms with Crippen LogP contribution in [0.2, 0.25) is 0 Å². The van der Waals surface area contributed by atoms with Gasteiger partial charge in [0, 0.05) is 6.54 Å². The van der Waals surface area contributed by atoms with Crippen molar-refractivity contribution in [1.82, 2.24) is 0 Å². The maximum atomic E-state index is 5.24. The number of nitrogens with two attached hydrogens (primary N) is 1. The van der Waals surface area contributed by atoms with E-state index in [2.05, 4.69) is 16.7 Å². The van der Waals surface area contributed by atoms with Gasteiger partial charge < -0.3 is 5.73 Å². The molecule has 0 spiro atoms. The first-order chi connectivity index (χ1) is 4.31. The molecule has 0 aromatic heterocycles. The molecule has 0 heterocycles. The Morgan fingerprint density at radius 2 is 2.33 bits per heavy atom. The van der Waals surface area contributed by atoms with Crippen LogP contribution < -0.4 is 5.73 Å². The van der Waals surface area contributed by atoms with Crippen molar-refractivity contribution in [2.24, 2.45) is 15.7 Å². The number of nitrogens with zero attached hydrogens (tertiary/aromatic N) is 2. The lowest BCUT2D eigenvalue weighted by Crippen LogP contribution is -2.00. The monoisotopic (exact) mass is 127 g/mol. The van der Waals surface area contributed by atoms with Crippen LogP contribution in [0.1, 0.15) is 13.3 Å². The Labute approximate surface area is 55.7 Å². The summed E-state index contributed by atoms with van der Waals surface area (Å²) in [5.74, 6) is 0.739. The lowest BCUT2D eigenvalue weighted by atomic mass is 10.4. The Morgan fingerprint density at radius 1 is 1.67 bits per heavy atom. The van der Waals surface area contributed by atoms with E-state index < -0.39 is 0 Å². The third-order valence-corrected chi connectivity index (χ3v) is 0.932. The molecule has 0 aromatic carbocycles. The Kier molecular flexibility index (Phi) is 5.01. The smallest absolute Gasteiger partial charge is 0.119 e. The molecule has 2 N–H and O–H groups in total. The van der Waals surface area contributed by atoms with Crippen molar-refractivity contribution < 1.29 is 0 Å². The molecule has 9 heavy (non-hydrogen) atoms. The molecule has 0 radical (unpaired) electrons. The van der Waals surface area contributed by atoms with E-state index in [0.29, 0.717) is 6.54 Å². The van der Waals surface area contributed by atoms with E-state index in [-0.39, 0.29) is 0 Å². The fourth-order valence-corrected chi connectivity index (χ4v) is 0.382. The van der Waals surface area contributed by atoms with Gasteiger partial charge in [0.2, 0.25) is 0 Å². The summed E-state index contributed by atoms with van der Waals surface area (Å²) in [6.07, 6.45) is 0.923. The van der Waals surface area contributed by atoms with Crippen LogP contribution in [0.15, 0.2) is 9.98 Å². The van der Waals surface area contributed by atoms with Gasteiger partial charge in [-0.1, -0.05) is 0 Å². The van der Waals surface area contributed by atoms with Crippen LogP contribution in [0.4, 0.5) is 0 Å². The molecule has 0 atom stereocenters. The summed E-state index contributed by atoms with van der Waals surface area (Å²) < 4.78 is 0. The minimum Gasteiger partial charge on any atom is -0.330 e. The second-order valence-electron chi connectivity index (χ2n) is 1.73. The van der Waals surface area contributed by atoms with Crippen LogP contribution in [-0.4, -0.2) is 25.6 Å². The number of hydrogen-bond acceptors (Lipinski definition) is 2. The minimum absolute atomic E-state index is 0.688. The van der Waals surface area contributed by atoms with Crippen molar-refractivity contribution in [2.45, 2.75) is 13.3 Å². The highest BCUT2D eigenvalue weighted by molar-refractivity contribution is 5.83. The first-order valence-corrected chi connectivity index (χ1v) is 2.99. The standard InChI is InChI=1S/C6H13N3/c1-6(8-2)9-5-3-4-7/h2-5,7H2,1H3/b9-6-. The Hall–Kier alpha value is -0.700. The zero-order valence-electron chi connectivity index (χ0n) is 5.80. The molecule has 0 aromatic rings. The van der Waals surface area contributed by atoms with Crippen LogP contribution in [0, 0.1) is 0 Å². The summed E-state index contributed by atoms with van der Waals surface area (Å²) in [6.45, 7) is 6.60. The molecule has 0 aliphatic heterocycles. The molecule has 52 valence electrons. The molecule has 0 bridgehead atoms. The second kappa shape index (κ2) is 5.44. The van der Waals surface area contributed by atoms with Crippen LogP contribution >= 0.6 is 0 Å². The van der Waals surface area contributed by atoms with Gasteiger partial charge in [0.1, 0.15) is 5.84 Å². The largest absolute Gasteiger partial charge is 0.330 e. The van der Waals surface area contributed by atoms with Crippen molar-refractivity contribution in [3.05, 3.63) is 0 Å². The van der Waals surface area contributed by atoms with Gasteiger partial charge in [0.25, 0.3) is 0 Å². The van der Waals surface area contributed by atoms with Crippen molar-refractivity contribution >= 4 is 12.6 Å². The van der Waals surface area contributed by atoms with Crippen LogP contribution in [0.5, 0.6) is 0 Å². The summed E-state index contributed by atoms with van der Waals surface area (Å²) in [7, 11) is 0. The van der Waals surface area contributed by atoms with Crippen molar-refractivity contribution in [3.63, 3.8) is 0 Å². The van der Waals surface area contributed by atoms with Gasteiger partial charge >= 0.3 is 0 Å². The average Bonchev–Trinajstić information content (AvgIpc) is 1.89. The summed E-state index contributed by atoms with van der Waals surface area (Å²) in [6, 6.07) is 0. The van der Waals surface area contributed by atoms with Crippen molar-refractivity contribution in [3.8, 4) is 0 Å². The van der Waals surface area contributed by atoms with Crippen LogP contribution in [0.25, 0.3) is 0 Å². The quantitative estimate of drug-likeness (QED) is 0.334. The molecular weight excluding hydrogens is 114 g/mol. The third kappa shape index (κ3) is 5.17. The highest BCUT2D eigenvalue weighted by Gasteiger charge is 1.81. The molecule has 0 fully saturated rings. The second-order valence-corrected chi connectivity index (χ2v) is 1.73. The lowest BCUT2D eigenvalue weighted by molar-refractivity contribution is 0.843. The molecule has 0 aliphatic carbocycles. The Morgan fingerprint density at radius 3 is 2.78 bits per heavy atom. The van der Waals surface area contributed by atoms with Gasteiger partial charge in [-0.25, -0.2) is 4.99 Å². The van der Waals surface area contributed by atoms with E-state index in [1.165, 1.54) is 0 Å². The normalized spacial score (nSPS) is 11.6. The van der Waals surface area contributed by atoms with Gasteiger partial charge in [-0.15, -0.1) is 0 Å². The lowest BCUT2D eigenvalue weighted by Gasteiger charge is -1.90. The van der Waals surface area contributed by atoms with E-state index in [9.17, 15) is 0 Å². The Balaban J connectivity index is 3.31. The molecule has 0 amide bonds. The molecule has 0 unspecified atom stereocenters. The molecule has 0 rings (SSSR count). The van der Waals surface area contributed by atoms with Crippen molar-refractivity contribution in [2.75, 3.05) is 13.1 Å². The van der Waals surface area contributed by atoms with E-state index in [1.807, 2.05) is 6.92 Å². The molecule has 3 heteroatoms. The molecule has 0 saturated carbocycles. The Bertz CT molecular complexity index is 107. The number of amidine groups is 1. The van der Waals surface area contributed by atoms with Crippen molar-refractivity contribution in [1.29, 1.82) is 0 Å². The number of hydrogen-bond donors (Lipinski definition) is 1. The van der Waals surface area contributed by atoms with Gasteiger partial charge in [-0.3, -0.25) is 4.99 Å². The average molecular weight is 127 g/mol. The van der Waals surface area contributed by atoms with E-state index in [0.717, 1.165) is 18.8 Å². The predicted molar refractivity (Wildman–Crippen MR) is 41.2 cm³/mol. The van der Waals surface area contributed by atoms with Gasteiger partial charge in [0.05, 0.1) is 0 Å². The van der Waals surface area contributed by atoms with Gasteiger partial charge in [-0.05, 0) is 26.6 Å².